The summed E-state index contributed by atoms with van der Waals surface area (Å²) in [6.07, 6.45) is 22.2. The summed E-state index contributed by atoms with van der Waals surface area (Å²) >= 11 is 6.16. The van der Waals surface area contributed by atoms with Crippen molar-refractivity contribution in [2.75, 3.05) is 32.5 Å². The van der Waals surface area contributed by atoms with Gasteiger partial charge < -0.3 is 20.0 Å². The summed E-state index contributed by atoms with van der Waals surface area (Å²) < 4.78 is 0. The second-order valence-electron chi connectivity index (χ2n) is 37.2. The van der Waals surface area contributed by atoms with Gasteiger partial charge >= 0.3 is 0 Å². The Hall–Kier alpha value is -11.9. The molecule has 0 spiro atoms. The van der Waals surface area contributed by atoms with Crippen LogP contribution in [0.1, 0.15) is 119 Å². The summed E-state index contributed by atoms with van der Waals surface area (Å²) in [6.45, 7) is 6.72. The van der Waals surface area contributed by atoms with Gasteiger partial charge in [-0.2, -0.15) is 10.0 Å². The fraction of sp³-hybridized carbons (Fsp3) is 0.224. The van der Waals surface area contributed by atoms with Gasteiger partial charge in [-0.3, -0.25) is 0 Å². The third kappa shape index (κ3) is 15.4. The molecule has 8 fully saturated rings. The number of halogens is 1. The van der Waals surface area contributed by atoms with E-state index in [1.165, 1.54) is 182 Å². The normalized spacial score (nSPS) is 21.4. The molecule has 0 saturated heterocycles. The van der Waals surface area contributed by atoms with Gasteiger partial charge in [0, 0.05) is 88.2 Å². The molecule has 1 aliphatic heterocycles. The minimum absolute atomic E-state index is 0.0164. The molecule has 10 aliphatic rings. The van der Waals surface area contributed by atoms with Gasteiger partial charge in [-0.25, -0.2) is 0 Å². The predicted molar refractivity (Wildman–Crippen MR) is 519 cm³/mol. The Balaban J connectivity index is 0.000000122. The Morgan fingerprint density at radius 2 is 0.648 bits per heavy atom. The maximum Gasteiger partial charge on any atom is 0.0540 e. The highest BCUT2D eigenvalue weighted by Gasteiger charge is 2.53. The fourth-order valence-electron chi connectivity index (χ4n) is 23.7. The Morgan fingerprint density at radius 1 is 0.295 bits per heavy atom. The van der Waals surface area contributed by atoms with E-state index in [1.54, 1.807) is 11.1 Å². The fourth-order valence-corrected chi connectivity index (χ4v) is 26.3. The molecule has 8 bridgehead atoms. The van der Waals surface area contributed by atoms with E-state index in [0.717, 1.165) is 69.0 Å². The monoisotopic (exact) mass is 1620 g/mol. The number of anilines is 11. The highest BCUT2D eigenvalue weighted by Crippen LogP contribution is 2.69. The van der Waals surface area contributed by atoms with Crippen LogP contribution in [0.2, 0.25) is 5.02 Å². The average molecular weight is 1630 g/mol. The van der Waals surface area contributed by atoms with Crippen molar-refractivity contribution in [2.45, 2.75) is 124 Å². The summed E-state index contributed by atoms with van der Waals surface area (Å²) in [5.41, 5.74) is 31.2. The van der Waals surface area contributed by atoms with Crippen LogP contribution in [0, 0.1) is 42.4 Å². The molecule has 0 amide bonds. The van der Waals surface area contributed by atoms with Gasteiger partial charge in [0.2, 0.25) is 0 Å². The predicted octanol–water partition coefficient (Wildman–Crippen LogP) is 32.9. The zero-order valence-electron chi connectivity index (χ0n) is 71.0. The van der Waals surface area contributed by atoms with Crippen molar-refractivity contribution < 1.29 is 0 Å². The molecular weight excluding hydrogens is 1520 g/mol. The zero-order valence-corrected chi connectivity index (χ0v) is 72.5. The SMILES string of the molecule is CC1(C)c2ccccc2-c2ccc(Nc3ccccc3-c3ccccc3)cc21.CS1(C)c2ccccc2-c2ccc(N(c3ccc(N(c4ccccc4)c4ccc(C56CC7CC(CC(C7)C5)C6)cc4)cc3)c3ccccc3-c3ccccc3)cc21.Cc1ccccc1.Clc1ccc(N(c2ccccc2)c2ccc(C34CC5CC(CC(C5)C3)C4)cc2)cc1. The van der Waals surface area contributed by atoms with Crippen molar-refractivity contribution in [1.82, 2.24) is 0 Å². The number of rotatable bonds is 15. The maximum absolute atomic E-state index is 6.16. The highest BCUT2D eigenvalue weighted by atomic mass is 35.5. The number of nitrogens with zero attached hydrogens (tertiary/aromatic N) is 3. The Labute approximate surface area is 730 Å². The number of benzene rings is 15. The molecule has 0 atom stereocenters. The lowest BCUT2D eigenvalue weighted by Gasteiger charge is -2.57. The lowest BCUT2D eigenvalue weighted by Crippen LogP contribution is -2.48. The number of nitrogens with one attached hydrogen (secondary N) is 1. The minimum atomic E-state index is -1.18. The van der Waals surface area contributed by atoms with E-state index < -0.39 is 10.0 Å². The van der Waals surface area contributed by atoms with Crippen molar-refractivity contribution >= 4 is 84.2 Å². The minimum Gasteiger partial charge on any atom is -0.355 e. The van der Waals surface area contributed by atoms with Crippen LogP contribution in [-0.4, -0.2) is 12.5 Å². The van der Waals surface area contributed by atoms with E-state index in [1.807, 2.05) is 30.3 Å². The number of para-hydroxylation sites is 4. The molecule has 0 unspecified atom stereocenters. The third-order valence-electron chi connectivity index (χ3n) is 28.6. The number of hydrogen-bond acceptors (Lipinski definition) is 4. The van der Waals surface area contributed by atoms with E-state index in [0.29, 0.717) is 10.8 Å². The molecule has 122 heavy (non-hydrogen) atoms. The van der Waals surface area contributed by atoms with Gasteiger partial charge in [-0.15, -0.1) is 0 Å². The maximum atomic E-state index is 6.16. The zero-order chi connectivity index (χ0) is 82.5. The molecule has 15 aromatic rings. The molecule has 9 aliphatic carbocycles. The van der Waals surface area contributed by atoms with Crippen molar-refractivity contribution in [3.63, 3.8) is 0 Å². The van der Waals surface area contributed by atoms with E-state index in [-0.39, 0.29) is 5.41 Å². The Bertz CT molecular complexity index is 6120. The molecule has 6 heteroatoms. The summed E-state index contributed by atoms with van der Waals surface area (Å²) in [6, 6.07) is 139. The van der Waals surface area contributed by atoms with Crippen LogP contribution < -0.4 is 20.0 Å². The molecule has 606 valence electrons. The van der Waals surface area contributed by atoms with Gasteiger partial charge in [0.15, 0.2) is 0 Å². The summed E-state index contributed by atoms with van der Waals surface area (Å²) in [7, 11) is -1.18. The molecule has 4 nitrogen and oxygen atoms in total. The van der Waals surface area contributed by atoms with Crippen molar-refractivity contribution in [2.24, 2.45) is 35.5 Å². The molecule has 1 heterocycles. The van der Waals surface area contributed by atoms with Gasteiger partial charge in [0.1, 0.15) is 0 Å². The topological polar surface area (TPSA) is 21.8 Å². The first-order valence-corrected chi connectivity index (χ1v) is 47.3. The van der Waals surface area contributed by atoms with Gasteiger partial charge in [-0.1, -0.05) is 274 Å². The van der Waals surface area contributed by atoms with Crippen LogP contribution in [-0.2, 0) is 16.2 Å². The Morgan fingerprint density at radius 3 is 1.14 bits per heavy atom. The molecular formula is C116H109ClN4S. The second-order valence-corrected chi connectivity index (χ2v) is 41.1. The first-order valence-electron chi connectivity index (χ1n) is 44.5. The van der Waals surface area contributed by atoms with Crippen LogP contribution in [0.25, 0.3) is 44.5 Å². The first kappa shape index (κ1) is 78.7. The highest BCUT2D eigenvalue weighted by molar-refractivity contribution is 8.33. The van der Waals surface area contributed by atoms with Gasteiger partial charge in [0.25, 0.3) is 0 Å². The summed E-state index contributed by atoms with van der Waals surface area (Å²) in [4.78, 5) is 10.1. The van der Waals surface area contributed by atoms with Crippen LogP contribution in [0.5, 0.6) is 0 Å². The second kappa shape index (κ2) is 33.2. The number of aryl methyl sites for hydroxylation is 1. The molecule has 1 N–H and O–H groups in total. The molecule has 15 aromatic carbocycles. The van der Waals surface area contributed by atoms with E-state index in [2.05, 4.69) is 405 Å². The van der Waals surface area contributed by atoms with E-state index in [4.69, 9.17) is 11.6 Å². The van der Waals surface area contributed by atoms with E-state index in [9.17, 15) is 0 Å². The lowest BCUT2D eigenvalue weighted by molar-refractivity contribution is -0.00530. The van der Waals surface area contributed by atoms with Crippen LogP contribution in [0.3, 0.4) is 0 Å². The van der Waals surface area contributed by atoms with Crippen molar-refractivity contribution in [1.29, 1.82) is 0 Å². The van der Waals surface area contributed by atoms with Crippen molar-refractivity contribution in [3.05, 3.63) is 415 Å². The number of hydrogen-bond donors (Lipinski definition) is 1. The van der Waals surface area contributed by atoms with Gasteiger partial charge in [-0.05, 0) is 338 Å². The molecule has 25 rings (SSSR count). The summed E-state index contributed by atoms with van der Waals surface area (Å²) in [5.74, 6) is 5.75. The standard InChI is InChI=1S/C54H50N2S.C28H28ClN.C27H23N.C7H8/c1-57(2)52-20-12-10-18-49(52)50-30-29-47(34-53(50)57)56(51-19-11-9-17-48(51)41-13-5-3-6-14-41)46-27-25-45(26-28-46)55(43-15-7-4-8-16-43)44-23-21-42(22-24-44)54-35-38-31-39(36-54)33-40(32-38)37-54;29-24-8-12-27(13-9-24)30(25-4-2-1-3-5-25)26-10-6-23(7-11-26)28-17-20-14-21(18-28)16-22(15-20)19-28;1-27(2)24-14-8-6-13-22(24)23-17-16-20(18-25(23)27)28-26-15-9-7-12-21(26)19-10-4-3-5-11-19;1-7-5-3-2-4-6-7/h3-30,34,38-40H,31-33,35-37H2,1-2H3;1-13,20-22H,14-19H2;3-18,28H,1-2H3;2-6H,1H3. The first-order chi connectivity index (χ1) is 59.7. The van der Waals surface area contributed by atoms with E-state index >= 15 is 0 Å². The Kier molecular flexibility index (Phi) is 21.4. The average Bonchev–Trinajstić information content (AvgIpc) is 1.14. The van der Waals surface area contributed by atoms with Gasteiger partial charge in [0.05, 0.1) is 5.69 Å². The lowest BCUT2D eigenvalue weighted by atomic mass is 9.48. The van der Waals surface area contributed by atoms with Crippen LogP contribution in [0.15, 0.2) is 392 Å². The smallest absolute Gasteiger partial charge is 0.0540 e. The van der Waals surface area contributed by atoms with Crippen molar-refractivity contribution in [3.8, 4) is 44.5 Å². The number of fused-ring (bicyclic) bond motifs is 6. The molecule has 0 aromatic heterocycles. The third-order valence-corrected chi connectivity index (χ3v) is 31.7. The molecule has 8 saturated carbocycles. The van der Waals surface area contributed by atoms with Crippen LogP contribution >= 0.6 is 21.6 Å². The quantitative estimate of drug-likeness (QED) is 0.110. The molecule has 0 radical (unpaired) electrons. The van der Waals surface area contributed by atoms with Crippen LogP contribution in [0.4, 0.5) is 62.6 Å². The summed E-state index contributed by atoms with van der Waals surface area (Å²) in [5, 5.41) is 4.43. The largest absolute Gasteiger partial charge is 0.355 e.